The van der Waals surface area contributed by atoms with Crippen LogP contribution < -0.4 is 0 Å². The molecule has 1 aliphatic rings. The summed E-state index contributed by atoms with van der Waals surface area (Å²) >= 11 is 0. The van der Waals surface area contributed by atoms with E-state index < -0.39 is 0 Å². The van der Waals surface area contributed by atoms with E-state index >= 15 is 0 Å². The molecule has 0 aromatic heterocycles. The fourth-order valence-electron chi connectivity index (χ4n) is 2.99. The third-order valence-electron chi connectivity index (χ3n) is 4.42. The Morgan fingerprint density at radius 3 is 1.76 bits per heavy atom. The van der Waals surface area contributed by atoms with E-state index in [4.69, 9.17) is 0 Å². The van der Waals surface area contributed by atoms with Gasteiger partial charge in [-0.2, -0.15) is 0 Å². The Balaban J connectivity index is 1.76. The first kappa shape index (κ1) is 14.0. The van der Waals surface area contributed by atoms with E-state index in [-0.39, 0.29) is 5.92 Å². The first-order valence-electron chi connectivity index (χ1n) is 7.58. The first-order chi connectivity index (χ1) is 10.2. The summed E-state index contributed by atoms with van der Waals surface area (Å²) in [5.41, 5.74) is 2.61. The molecule has 0 N–H and O–H groups in total. The van der Waals surface area contributed by atoms with Crippen LogP contribution in [0.5, 0.6) is 0 Å². The van der Waals surface area contributed by atoms with Crippen LogP contribution in [0.2, 0.25) is 0 Å². The van der Waals surface area contributed by atoms with E-state index in [1.165, 1.54) is 11.1 Å². The summed E-state index contributed by atoms with van der Waals surface area (Å²) in [7, 11) is 0. The van der Waals surface area contributed by atoms with Gasteiger partial charge in [-0.05, 0) is 11.1 Å². The van der Waals surface area contributed by atoms with Gasteiger partial charge in [0.1, 0.15) is 5.78 Å². The lowest BCUT2D eigenvalue weighted by Gasteiger charge is -2.41. The molecule has 21 heavy (non-hydrogen) atoms. The van der Waals surface area contributed by atoms with Crippen molar-refractivity contribution < 1.29 is 4.79 Å². The predicted molar refractivity (Wildman–Crippen MR) is 84.7 cm³/mol. The summed E-state index contributed by atoms with van der Waals surface area (Å²) in [4.78, 5) is 14.1. The number of carbonyl (C=O) groups is 1. The molecule has 0 saturated heterocycles. The number of nitrogens with zero attached hydrogens (tertiary/aromatic N) is 1. The SMILES string of the molecule is CC1C(=O)CC1N(Cc1ccccc1)Cc1ccccc1. The lowest BCUT2D eigenvalue weighted by Crippen LogP contribution is -2.51. The van der Waals surface area contributed by atoms with Gasteiger partial charge in [0.05, 0.1) is 0 Å². The van der Waals surface area contributed by atoms with Crippen LogP contribution in [0.3, 0.4) is 0 Å². The summed E-state index contributed by atoms with van der Waals surface area (Å²) in [5, 5.41) is 0. The van der Waals surface area contributed by atoms with Crippen molar-refractivity contribution in [2.75, 3.05) is 0 Å². The summed E-state index contributed by atoms with van der Waals surface area (Å²) in [6, 6.07) is 21.4. The molecular formula is C19H21NO. The molecule has 108 valence electrons. The molecule has 3 rings (SSSR count). The normalized spacial score (nSPS) is 21.3. The highest BCUT2D eigenvalue weighted by molar-refractivity contribution is 5.88. The largest absolute Gasteiger partial charge is 0.299 e. The molecule has 2 unspecified atom stereocenters. The van der Waals surface area contributed by atoms with E-state index in [9.17, 15) is 4.79 Å². The van der Waals surface area contributed by atoms with Crippen LogP contribution in [-0.4, -0.2) is 16.7 Å². The minimum absolute atomic E-state index is 0.164. The number of benzene rings is 2. The number of rotatable bonds is 5. The third-order valence-corrected chi connectivity index (χ3v) is 4.42. The van der Waals surface area contributed by atoms with Gasteiger partial charge in [0.2, 0.25) is 0 Å². The number of carbonyl (C=O) groups excluding carboxylic acids is 1. The molecule has 1 aliphatic carbocycles. The second-order valence-electron chi connectivity index (χ2n) is 5.90. The molecule has 0 spiro atoms. The Morgan fingerprint density at radius 2 is 1.38 bits per heavy atom. The van der Waals surface area contributed by atoms with Crippen molar-refractivity contribution >= 4 is 5.78 Å². The smallest absolute Gasteiger partial charge is 0.138 e. The van der Waals surface area contributed by atoms with E-state index in [0.717, 1.165) is 13.1 Å². The second kappa shape index (κ2) is 6.23. The minimum atomic E-state index is 0.164. The highest BCUT2D eigenvalue weighted by Gasteiger charge is 2.39. The molecule has 2 aromatic carbocycles. The average Bonchev–Trinajstić information content (AvgIpc) is 2.53. The first-order valence-corrected chi connectivity index (χ1v) is 7.58. The van der Waals surface area contributed by atoms with Crippen LogP contribution in [0.1, 0.15) is 24.5 Å². The van der Waals surface area contributed by atoms with Crippen molar-refractivity contribution in [3.05, 3.63) is 71.8 Å². The Labute approximate surface area is 126 Å². The monoisotopic (exact) mass is 279 g/mol. The van der Waals surface area contributed by atoms with Crippen LogP contribution in [-0.2, 0) is 17.9 Å². The molecule has 2 nitrogen and oxygen atoms in total. The van der Waals surface area contributed by atoms with Gasteiger partial charge in [0.15, 0.2) is 0 Å². The van der Waals surface area contributed by atoms with E-state index in [1.807, 2.05) is 12.1 Å². The quantitative estimate of drug-likeness (QED) is 0.832. The number of hydrogen-bond donors (Lipinski definition) is 0. The van der Waals surface area contributed by atoms with Crippen molar-refractivity contribution in [2.45, 2.75) is 32.5 Å². The van der Waals surface area contributed by atoms with Gasteiger partial charge in [-0.25, -0.2) is 0 Å². The Hall–Kier alpha value is -1.93. The zero-order valence-electron chi connectivity index (χ0n) is 12.4. The number of hydrogen-bond acceptors (Lipinski definition) is 2. The van der Waals surface area contributed by atoms with Crippen LogP contribution in [0.4, 0.5) is 0 Å². The molecule has 0 amide bonds. The molecule has 0 bridgehead atoms. The summed E-state index contributed by atoms with van der Waals surface area (Å²) in [6.07, 6.45) is 0.695. The summed E-state index contributed by atoms with van der Waals surface area (Å²) in [5.74, 6) is 0.559. The zero-order chi connectivity index (χ0) is 14.7. The molecule has 2 heteroatoms. The highest BCUT2D eigenvalue weighted by Crippen LogP contribution is 2.30. The molecular weight excluding hydrogens is 258 g/mol. The van der Waals surface area contributed by atoms with E-state index in [0.29, 0.717) is 18.2 Å². The highest BCUT2D eigenvalue weighted by atomic mass is 16.1. The van der Waals surface area contributed by atoms with Gasteiger partial charge in [-0.1, -0.05) is 67.6 Å². The number of ketones is 1. The maximum Gasteiger partial charge on any atom is 0.138 e. The van der Waals surface area contributed by atoms with Gasteiger partial charge < -0.3 is 0 Å². The fraction of sp³-hybridized carbons (Fsp3) is 0.316. The second-order valence-corrected chi connectivity index (χ2v) is 5.90. The van der Waals surface area contributed by atoms with Crippen molar-refractivity contribution in [3.63, 3.8) is 0 Å². The molecule has 1 fully saturated rings. The van der Waals surface area contributed by atoms with Crippen LogP contribution in [0.25, 0.3) is 0 Å². The summed E-state index contributed by atoms with van der Waals surface area (Å²) in [6.45, 7) is 3.86. The van der Waals surface area contributed by atoms with Crippen molar-refractivity contribution in [1.29, 1.82) is 0 Å². The third kappa shape index (κ3) is 3.22. The molecule has 0 heterocycles. The maximum atomic E-state index is 11.6. The van der Waals surface area contributed by atoms with E-state index in [1.54, 1.807) is 0 Å². The van der Waals surface area contributed by atoms with Gasteiger partial charge in [-0.15, -0.1) is 0 Å². The Bertz CT molecular complexity index is 552. The molecule has 0 aliphatic heterocycles. The van der Waals surface area contributed by atoms with E-state index in [2.05, 4.69) is 60.4 Å². The molecule has 1 saturated carbocycles. The predicted octanol–water partition coefficient (Wildman–Crippen LogP) is 3.67. The maximum absolute atomic E-state index is 11.6. The standard InChI is InChI=1S/C19H21NO/c1-15-18(12-19(15)21)20(13-16-8-4-2-5-9-16)14-17-10-6-3-7-11-17/h2-11,15,18H,12-14H2,1H3. The van der Waals surface area contributed by atoms with Crippen LogP contribution in [0, 0.1) is 5.92 Å². The lowest BCUT2D eigenvalue weighted by atomic mass is 9.78. The van der Waals surface area contributed by atoms with Crippen molar-refractivity contribution in [3.8, 4) is 0 Å². The van der Waals surface area contributed by atoms with Gasteiger partial charge in [0, 0.05) is 31.5 Å². The Kier molecular flexibility index (Phi) is 4.16. The van der Waals surface area contributed by atoms with Gasteiger partial charge >= 0.3 is 0 Å². The topological polar surface area (TPSA) is 20.3 Å². The van der Waals surface area contributed by atoms with Gasteiger partial charge in [0.25, 0.3) is 0 Å². The minimum Gasteiger partial charge on any atom is -0.299 e. The molecule has 2 atom stereocenters. The van der Waals surface area contributed by atoms with Crippen molar-refractivity contribution in [2.24, 2.45) is 5.92 Å². The molecule has 2 aromatic rings. The average molecular weight is 279 g/mol. The number of Topliss-reactive ketones (excluding diaryl/α,β-unsaturated/α-hetero) is 1. The fourth-order valence-corrected chi connectivity index (χ4v) is 2.99. The van der Waals surface area contributed by atoms with Gasteiger partial charge in [-0.3, -0.25) is 9.69 Å². The van der Waals surface area contributed by atoms with Crippen LogP contribution >= 0.6 is 0 Å². The van der Waals surface area contributed by atoms with Crippen molar-refractivity contribution in [1.82, 2.24) is 4.90 Å². The molecule has 0 radical (unpaired) electrons. The van der Waals surface area contributed by atoms with Crippen LogP contribution in [0.15, 0.2) is 60.7 Å². The lowest BCUT2D eigenvalue weighted by molar-refractivity contribution is -0.135. The zero-order valence-corrected chi connectivity index (χ0v) is 12.4. The summed E-state index contributed by atoms with van der Waals surface area (Å²) < 4.78 is 0. The Morgan fingerprint density at radius 1 is 0.905 bits per heavy atom.